The summed E-state index contributed by atoms with van der Waals surface area (Å²) in [5, 5.41) is 15.0. The largest absolute Gasteiger partial charge is 0.545 e. The van der Waals surface area contributed by atoms with E-state index in [0.717, 1.165) is 17.1 Å². The van der Waals surface area contributed by atoms with Crippen molar-refractivity contribution in [2.24, 2.45) is 5.10 Å². The smallest absolute Gasteiger partial charge is 0.273 e. The van der Waals surface area contributed by atoms with Gasteiger partial charge in [0.2, 0.25) is 0 Å². The van der Waals surface area contributed by atoms with E-state index in [1.165, 1.54) is 12.3 Å². The van der Waals surface area contributed by atoms with Gasteiger partial charge in [-0.15, -0.1) is 0 Å². The second-order valence-electron chi connectivity index (χ2n) is 6.03. The lowest BCUT2D eigenvalue weighted by molar-refractivity contribution is -0.255. The van der Waals surface area contributed by atoms with Crippen LogP contribution in [0.3, 0.4) is 0 Å². The van der Waals surface area contributed by atoms with Crippen LogP contribution >= 0.6 is 0 Å². The number of hydrogen-bond acceptors (Lipinski definition) is 4. The zero-order valence-electron chi connectivity index (χ0n) is 15.0. The Hall–Kier alpha value is -3.67. The summed E-state index contributed by atoms with van der Waals surface area (Å²) in [6, 6.07) is 17.8. The van der Waals surface area contributed by atoms with Crippen LogP contribution in [0.25, 0.3) is 5.69 Å². The Morgan fingerprint density at radius 1 is 1.00 bits per heavy atom. The van der Waals surface area contributed by atoms with Gasteiger partial charge in [-0.1, -0.05) is 42.5 Å². The average Bonchev–Trinajstić information content (AvgIpc) is 2.97. The first-order chi connectivity index (χ1) is 13.0. The molecule has 3 rings (SSSR count). The van der Waals surface area contributed by atoms with Crippen LogP contribution in [0, 0.1) is 13.8 Å². The Kier molecular flexibility index (Phi) is 5.17. The topological polar surface area (TPSA) is 86.5 Å². The molecule has 0 atom stereocenters. The van der Waals surface area contributed by atoms with Crippen LogP contribution in [0.15, 0.2) is 65.8 Å². The highest BCUT2D eigenvalue weighted by atomic mass is 16.4. The molecule has 1 amide bonds. The number of amides is 1. The molecule has 0 unspecified atom stereocenters. The minimum atomic E-state index is -1.30. The van der Waals surface area contributed by atoms with E-state index < -0.39 is 5.97 Å². The molecule has 1 N–H and O–H groups in total. The Balaban J connectivity index is 1.81. The number of rotatable bonds is 5. The summed E-state index contributed by atoms with van der Waals surface area (Å²) >= 11 is 0. The first-order valence-electron chi connectivity index (χ1n) is 8.37. The van der Waals surface area contributed by atoms with Crippen molar-refractivity contribution in [1.29, 1.82) is 0 Å². The molecule has 136 valence electrons. The predicted octanol–water partition coefficient (Wildman–Crippen LogP) is 2.22. The van der Waals surface area contributed by atoms with E-state index in [2.05, 4.69) is 10.5 Å². The van der Waals surface area contributed by atoms with Gasteiger partial charge in [-0.25, -0.2) is 5.43 Å². The molecule has 0 spiro atoms. The number of benzene rings is 2. The van der Waals surface area contributed by atoms with E-state index in [1.54, 1.807) is 24.3 Å². The summed E-state index contributed by atoms with van der Waals surface area (Å²) < 4.78 is 1.99. The van der Waals surface area contributed by atoms with E-state index in [0.29, 0.717) is 11.1 Å². The van der Waals surface area contributed by atoms with Crippen LogP contribution in [0.1, 0.15) is 37.7 Å². The van der Waals surface area contributed by atoms with Gasteiger partial charge >= 0.3 is 0 Å². The number of nitrogens with one attached hydrogen (secondary N) is 1. The zero-order valence-corrected chi connectivity index (χ0v) is 15.0. The summed E-state index contributed by atoms with van der Waals surface area (Å²) in [5.41, 5.74) is 6.01. The molecule has 27 heavy (non-hydrogen) atoms. The third-order valence-electron chi connectivity index (χ3n) is 4.24. The van der Waals surface area contributed by atoms with E-state index in [1.807, 2.05) is 48.7 Å². The van der Waals surface area contributed by atoms with Crippen molar-refractivity contribution < 1.29 is 14.7 Å². The van der Waals surface area contributed by atoms with Gasteiger partial charge in [0.15, 0.2) is 0 Å². The Bertz CT molecular complexity index is 1020. The highest BCUT2D eigenvalue weighted by Gasteiger charge is 2.16. The Morgan fingerprint density at radius 2 is 1.67 bits per heavy atom. The van der Waals surface area contributed by atoms with Crippen molar-refractivity contribution in [3.05, 3.63) is 88.7 Å². The van der Waals surface area contributed by atoms with Crippen LogP contribution in [-0.4, -0.2) is 22.7 Å². The van der Waals surface area contributed by atoms with Crippen LogP contribution in [0.4, 0.5) is 0 Å². The summed E-state index contributed by atoms with van der Waals surface area (Å²) in [5.74, 6) is -1.66. The third kappa shape index (κ3) is 3.79. The predicted molar refractivity (Wildman–Crippen MR) is 101 cm³/mol. The van der Waals surface area contributed by atoms with Crippen LogP contribution < -0.4 is 10.5 Å². The maximum absolute atomic E-state index is 12.5. The van der Waals surface area contributed by atoms with Gasteiger partial charge < -0.3 is 14.5 Å². The molecule has 6 heteroatoms. The van der Waals surface area contributed by atoms with Crippen LogP contribution in [0.2, 0.25) is 0 Å². The molecule has 0 saturated heterocycles. The van der Waals surface area contributed by atoms with Gasteiger partial charge in [-0.2, -0.15) is 5.10 Å². The number of aryl methyl sites for hydroxylation is 1. The number of aromatic carboxylic acids is 1. The molecule has 0 fully saturated rings. The maximum atomic E-state index is 12.5. The summed E-state index contributed by atoms with van der Waals surface area (Å²) in [6.45, 7) is 3.79. The van der Waals surface area contributed by atoms with Crippen molar-refractivity contribution in [1.82, 2.24) is 9.99 Å². The van der Waals surface area contributed by atoms with Crippen LogP contribution in [0.5, 0.6) is 0 Å². The number of carbonyl (C=O) groups is 2. The van der Waals surface area contributed by atoms with Gasteiger partial charge in [-0.3, -0.25) is 4.79 Å². The van der Waals surface area contributed by atoms with Crippen LogP contribution in [-0.2, 0) is 0 Å². The molecule has 1 aromatic heterocycles. The molecule has 3 aromatic rings. The fourth-order valence-electron chi connectivity index (χ4n) is 2.98. The quantitative estimate of drug-likeness (QED) is 0.559. The number of carbonyl (C=O) groups excluding carboxylic acids is 2. The first-order valence-corrected chi connectivity index (χ1v) is 8.37. The maximum Gasteiger partial charge on any atom is 0.273 e. The van der Waals surface area contributed by atoms with E-state index in [9.17, 15) is 14.7 Å². The second kappa shape index (κ2) is 7.70. The summed E-state index contributed by atoms with van der Waals surface area (Å²) in [4.78, 5) is 23.6. The fraction of sp³-hybridized carbons (Fsp3) is 0.0952. The highest BCUT2D eigenvalue weighted by molar-refractivity contribution is 5.99. The molecule has 0 aliphatic rings. The number of carboxylic acid groups (broad SMARTS) is 1. The normalized spacial score (nSPS) is 10.9. The van der Waals surface area contributed by atoms with Gasteiger partial charge in [-0.05, 0) is 32.0 Å². The highest BCUT2D eigenvalue weighted by Crippen LogP contribution is 2.20. The van der Waals surface area contributed by atoms with Gasteiger partial charge in [0, 0.05) is 28.2 Å². The molecular formula is C21H18N3O3-. The zero-order chi connectivity index (χ0) is 19.4. The van der Waals surface area contributed by atoms with Crippen molar-refractivity contribution in [2.45, 2.75) is 13.8 Å². The molecule has 0 saturated carbocycles. The number of hydrogen-bond donors (Lipinski definition) is 1. The first kappa shape index (κ1) is 18.1. The lowest BCUT2D eigenvalue weighted by Crippen LogP contribution is -2.24. The lowest BCUT2D eigenvalue weighted by atomic mass is 10.1. The Labute approximate surface area is 156 Å². The molecule has 0 aliphatic heterocycles. The van der Waals surface area contributed by atoms with E-state index in [4.69, 9.17) is 0 Å². The van der Waals surface area contributed by atoms with Gasteiger partial charge in [0.05, 0.1) is 17.7 Å². The van der Waals surface area contributed by atoms with Crippen molar-refractivity contribution in [3.63, 3.8) is 0 Å². The third-order valence-corrected chi connectivity index (χ3v) is 4.24. The minimum absolute atomic E-state index is 0.0118. The monoisotopic (exact) mass is 360 g/mol. The molecule has 0 radical (unpaired) electrons. The minimum Gasteiger partial charge on any atom is -0.545 e. The van der Waals surface area contributed by atoms with Crippen molar-refractivity contribution in [3.8, 4) is 5.69 Å². The lowest BCUT2D eigenvalue weighted by Gasteiger charge is -2.09. The standard InChI is InChI=1S/C21H19N3O3/c1-14-12-19(15(2)24(14)17-9-4-3-5-10-17)20(25)23-22-13-16-8-6-7-11-18(16)21(26)27/h3-13H,1-2H3,(H,23,25)(H,26,27)/p-1/b22-13-. The molecule has 1 heterocycles. The van der Waals surface area contributed by atoms with E-state index >= 15 is 0 Å². The summed E-state index contributed by atoms with van der Waals surface area (Å²) in [7, 11) is 0. The average molecular weight is 360 g/mol. The fourth-order valence-corrected chi connectivity index (χ4v) is 2.98. The second-order valence-corrected chi connectivity index (χ2v) is 6.03. The van der Waals surface area contributed by atoms with Crippen molar-refractivity contribution >= 4 is 18.1 Å². The molecule has 6 nitrogen and oxygen atoms in total. The Morgan fingerprint density at radius 3 is 2.37 bits per heavy atom. The number of aromatic nitrogens is 1. The SMILES string of the molecule is Cc1cc(C(=O)N/N=C\c2ccccc2C(=O)[O-])c(C)n1-c1ccccc1. The molecular weight excluding hydrogens is 342 g/mol. The number of para-hydroxylation sites is 1. The van der Waals surface area contributed by atoms with E-state index in [-0.39, 0.29) is 11.5 Å². The van der Waals surface area contributed by atoms with Gasteiger partial charge in [0.1, 0.15) is 0 Å². The number of carboxylic acids is 1. The number of nitrogens with zero attached hydrogens (tertiary/aromatic N) is 2. The molecule has 0 aliphatic carbocycles. The van der Waals surface area contributed by atoms with Crippen molar-refractivity contribution in [2.75, 3.05) is 0 Å². The van der Waals surface area contributed by atoms with Gasteiger partial charge in [0.25, 0.3) is 5.91 Å². The summed E-state index contributed by atoms with van der Waals surface area (Å²) in [6.07, 6.45) is 1.29. The molecule has 0 bridgehead atoms. The number of hydrazone groups is 1. The molecule has 2 aromatic carbocycles.